The Morgan fingerprint density at radius 2 is 1.46 bits per heavy atom. The van der Waals surface area contributed by atoms with Crippen molar-refractivity contribution in [2.45, 2.75) is 51.0 Å². The number of carbonyl (C=O) groups excluding carboxylic acids is 2. The van der Waals surface area contributed by atoms with E-state index in [0.29, 0.717) is 5.75 Å². The molecule has 2 aromatic rings. The Labute approximate surface area is 167 Å². The van der Waals surface area contributed by atoms with Gasteiger partial charge in [-0.1, -0.05) is 69.3 Å². The Morgan fingerprint density at radius 1 is 0.929 bits per heavy atom. The van der Waals surface area contributed by atoms with E-state index in [4.69, 9.17) is 9.16 Å². The van der Waals surface area contributed by atoms with Crippen molar-refractivity contribution in [3.63, 3.8) is 0 Å². The van der Waals surface area contributed by atoms with Crippen LogP contribution in [0.1, 0.15) is 32.4 Å². The predicted molar refractivity (Wildman–Crippen MR) is 111 cm³/mol. The molecule has 148 valence electrons. The molecule has 0 bridgehead atoms. The highest BCUT2D eigenvalue weighted by Gasteiger charge is 2.55. The zero-order valence-electron chi connectivity index (χ0n) is 16.6. The molecule has 1 aliphatic rings. The third-order valence-corrected chi connectivity index (χ3v) is 10.3. The van der Waals surface area contributed by atoms with Gasteiger partial charge >= 0.3 is 6.09 Å². The minimum Gasteiger partial charge on any atom is -0.410 e. The summed E-state index contributed by atoms with van der Waals surface area (Å²) < 4.78 is 11.9. The molecule has 0 N–H and O–H groups in total. The number of nitrogens with zero attached hydrogens (tertiary/aromatic N) is 1. The smallest absolute Gasteiger partial charge is 0.410 e. The highest BCUT2D eigenvalue weighted by molar-refractivity contribution is 6.73. The van der Waals surface area contributed by atoms with Gasteiger partial charge in [0.25, 0.3) is 5.91 Å². The maximum atomic E-state index is 12.9. The molecule has 2 aromatic carbocycles. The summed E-state index contributed by atoms with van der Waals surface area (Å²) >= 11 is 0. The molecule has 0 aromatic heterocycles. The van der Waals surface area contributed by atoms with E-state index in [2.05, 4.69) is 20.8 Å². The van der Waals surface area contributed by atoms with Gasteiger partial charge in [0.05, 0.1) is 0 Å². The van der Waals surface area contributed by atoms with Gasteiger partial charge in [-0.15, -0.1) is 0 Å². The Balaban J connectivity index is 1.86. The summed E-state index contributed by atoms with van der Waals surface area (Å²) in [5, 5.41) is 0. The van der Waals surface area contributed by atoms with Crippen molar-refractivity contribution < 1.29 is 18.8 Å². The van der Waals surface area contributed by atoms with E-state index in [1.807, 2.05) is 36.4 Å². The highest BCUT2D eigenvalue weighted by Crippen LogP contribution is 2.40. The molecule has 3 rings (SSSR count). The number of para-hydroxylation sites is 1. The van der Waals surface area contributed by atoms with E-state index in [0.717, 1.165) is 23.7 Å². The molecule has 0 radical (unpaired) electrons. The van der Waals surface area contributed by atoms with Crippen LogP contribution >= 0.6 is 0 Å². The normalized spacial score (nSPS) is 19.2. The van der Waals surface area contributed by atoms with Gasteiger partial charge in [-0.3, -0.25) is 4.79 Å². The van der Waals surface area contributed by atoms with Crippen LogP contribution in [0.25, 0.3) is 0 Å². The molecule has 2 amide bonds. The number of amides is 2. The van der Waals surface area contributed by atoms with Gasteiger partial charge in [-0.05, 0) is 35.8 Å². The molecule has 0 spiro atoms. The number of ether oxygens (including phenoxy) is 1. The second-order valence-electron chi connectivity index (χ2n) is 7.03. The van der Waals surface area contributed by atoms with Crippen molar-refractivity contribution in [3.8, 4) is 5.75 Å². The molecule has 28 heavy (non-hydrogen) atoms. The third-order valence-electron chi connectivity index (χ3n) is 5.64. The number of hydrogen-bond acceptors (Lipinski definition) is 4. The predicted octanol–water partition coefficient (Wildman–Crippen LogP) is 5.16. The lowest BCUT2D eigenvalue weighted by Gasteiger charge is -2.48. The molecule has 1 heterocycles. The van der Waals surface area contributed by atoms with Gasteiger partial charge in [-0.25, -0.2) is 9.69 Å². The maximum absolute atomic E-state index is 12.9. The first kappa shape index (κ1) is 20.3. The third kappa shape index (κ3) is 3.88. The quantitative estimate of drug-likeness (QED) is 0.478. The standard InChI is InChI=1S/C22H27NO4Si/c1-4-28(5-2,6-3)27-20-19(17-13-9-7-10-14-17)23(21(20)24)22(25)26-18-15-11-8-12-16-18/h7-16,19-20H,4-6H2,1-3H3/t19-,20+/m0/s1. The molecule has 2 atom stereocenters. The minimum atomic E-state index is -2.00. The fourth-order valence-electron chi connectivity index (χ4n) is 3.66. The van der Waals surface area contributed by atoms with Gasteiger partial charge in [-0.2, -0.15) is 0 Å². The summed E-state index contributed by atoms with van der Waals surface area (Å²) in [4.78, 5) is 26.9. The van der Waals surface area contributed by atoms with Crippen LogP contribution in [0.4, 0.5) is 4.79 Å². The van der Waals surface area contributed by atoms with Gasteiger partial charge in [0.2, 0.25) is 0 Å². The average Bonchev–Trinajstić information content (AvgIpc) is 2.74. The van der Waals surface area contributed by atoms with Crippen LogP contribution in [0.5, 0.6) is 5.75 Å². The lowest BCUT2D eigenvalue weighted by atomic mass is 9.91. The average molecular weight is 398 g/mol. The molecular formula is C22H27NO4Si. The SMILES string of the molecule is CC[Si](CC)(CC)O[C@H]1C(=O)N(C(=O)Oc2ccccc2)[C@H]1c1ccccc1. The van der Waals surface area contributed by atoms with E-state index in [-0.39, 0.29) is 5.91 Å². The fraction of sp³-hybridized carbons (Fsp3) is 0.364. The molecule has 1 saturated heterocycles. The monoisotopic (exact) mass is 397 g/mol. The first-order valence-electron chi connectivity index (χ1n) is 9.88. The van der Waals surface area contributed by atoms with Crippen LogP contribution < -0.4 is 4.74 Å². The first-order valence-corrected chi connectivity index (χ1v) is 12.4. The Bertz CT molecular complexity index is 800. The van der Waals surface area contributed by atoms with E-state index in [1.54, 1.807) is 24.3 Å². The van der Waals surface area contributed by atoms with Crippen molar-refractivity contribution in [1.29, 1.82) is 0 Å². The van der Waals surface area contributed by atoms with Gasteiger partial charge in [0.1, 0.15) is 11.8 Å². The summed E-state index contributed by atoms with van der Waals surface area (Å²) in [7, 11) is -2.00. The molecule has 5 nitrogen and oxygen atoms in total. The number of likely N-dealkylation sites (tertiary alicyclic amines) is 1. The van der Waals surface area contributed by atoms with Crippen LogP contribution in [0.15, 0.2) is 60.7 Å². The summed E-state index contributed by atoms with van der Waals surface area (Å²) in [6.07, 6.45) is -1.29. The molecule has 0 aliphatic carbocycles. The van der Waals surface area contributed by atoms with Crippen LogP contribution in [0.3, 0.4) is 0 Å². The summed E-state index contributed by atoms with van der Waals surface area (Å²) in [5.41, 5.74) is 0.878. The Kier molecular flexibility index (Phi) is 6.31. The first-order chi connectivity index (χ1) is 13.5. The van der Waals surface area contributed by atoms with Crippen molar-refractivity contribution in [2.24, 2.45) is 0 Å². The van der Waals surface area contributed by atoms with E-state index >= 15 is 0 Å². The van der Waals surface area contributed by atoms with Crippen molar-refractivity contribution in [1.82, 2.24) is 4.90 Å². The number of carbonyl (C=O) groups is 2. The second kappa shape index (κ2) is 8.71. The Morgan fingerprint density at radius 3 is 2.00 bits per heavy atom. The fourth-order valence-corrected chi connectivity index (χ4v) is 6.43. The maximum Gasteiger partial charge on any atom is 0.422 e. The number of β-lactam (4-membered cyclic amide) rings is 1. The van der Waals surface area contributed by atoms with Gasteiger partial charge in [0, 0.05) is 0 Å². The topological polar surface area (TPSA) is 55.8 Å². The zero-order chi connectivity index (χ0) is 20.1. The molecule has 1 aliphatic heterocycles. The summed E-state index contributed by atoms with van der Waals surface area (Å²) in [6.45, 7) is 6.38. The molecule has 0 unspecified atom stereocenters. The van der Waals surface area contributed by atoms with Gasteiger partial charge < -0.3 is 9.16 Å². The molecule has 6 heteroatoms. The van der Waals surface area contributed by atoms with Crippen molar-refractivity contribution in [2.75, 3.05) is 0 Å². The van der Waals surface area contributed by atoms with Crippen molar-refractivity contribution in [3.05, 3.63) is 66.2 Å². The second-order valence-corrected chi connectivity index (χ2v) is 11.7. The molecular weight excluding hydrogens is 370 g/mol. The number of hydrogen-bond donors (Lipinski definition) is 0. The minimum absolute atomic E-state index is 0.318. The Hall–Kier alpha value is -2.44. The van der Waals surface area contributed by atoms with Crippen molar-refractivity contribution >= 4 is 20.3 Å². The summed E-state index contributed by atoms with van der Waals surface area (Å²) in [5.74, 6) is 0.0953. The van der Waals surface area contributed by atoms with Crippen LogP contribution in [-0.2, 0) is 9.22 Å². The number of benzene rings is 2. The lowest BCUT2D eigenvalue weighted by Crippen LogP contribution is -2.65. The van der Waals surface area contributed by atoms with Crippen LogP contribution in [0.2, 0.25) is 18.1 Å². The largest absolute Gasteiger partial charge is 0.422 e. The lowest BCUT2D eigenvalue weighted by molar-refractivity contribution is -0.159. The molecule has 1 fully saturated rings. The highest BCUT2D eigenvalue weighted by atomic mass is 28.4. The van der Waals surface area contributed by atoms with Gasteiger partial charge in [0.15, 0.2) is 14.4 Å². The molecule has 0 saturated carbocycles. The van der Waals surface area contributed by atoms with E-state index < -0.39 is 26.6 Å². The van der Waals surface area contributed by atoms with E-state index in [1.165, 1.54) is 4.90 Å². The summed E-state index contributed by atoms with van der Waals surface area (Å²) in [6, 6.07) is 20.7. The van der Waals surface area contributed by atoms with E-state index in [9.17, 15) is 9.59 Å². The zero-order valence-corrected chi connectivity index (χ0v) is 17.6. The van der Waals surface area contributed by atoms with Crippen LogP contribution in [0, 0.1) is 0 Å². The van der Waals surface area contributed by atoms with Crippen LogP contribution in [-0.4, -0.2) is 31.3 Å². The number of rotatable bonds is 7. The number of imide groups is 1.